The van der Waals surface area contributed by atoms with Crippen LogP contribution < -0.4 is 10.6 Å². The van der Waals surface area contributed by atoms with Crippen molar-refractivity contribution in [3.8, 4) is 0 Å². The minimum absolute atomic E-state index is 0.121. The molecule has 0 aliphatic heterocycles. The third-order valence-electron chi connectivity index (χ3n) is 2.72. The van der Waals surface area contributed by atoms with Gasteiger partial charge in [-0.3, -0.25) is 4.79 Å². The van der Waals surface area contributed by atoms with Gasteiger partial charge in [0.2, 0.25) is 5.91 Å². The monoisotopic (exact) mass is 254 g/mol. The van der Waals surface area contributed by atoms with E-state index in [0.29, 0.717) is 5.69 Å². The van der Waals surface area contributed by atoms with Crippen molar-refractivity contribution in [2.24, 2.45) is 0 Å². The van der Waals surface area contributed by atoms with Crippen molar-refractivity contribution >= 4 is 17.3 Å². The Morgan fingerprint density at radius 3 is 2.56 bits per heavy atom. The molecule has 5 heteroatoms. The Morgan fingerprint density at radius 1 is 1.44 bits per heavy atom. The molecule has 0 spiro atoms. The number of anilines is 2. The van der Waals surface area contributed by atoms with E-state index in [9.17, 15) is 14.3 Å². The molecule has 1 unspecified atom stereocenters. The van der Waals surface area contributed by atoms with E-state index in [1.807, 2.05) is 6.92 Å². The van der Waals surface area contributed by atoms with Gasteiger partial charge in [-0.25, -0.2) is 4.39 Å². The summed E-state index contributed by atoms with van der Waals surface area (Å²) in [5.74, 6) is -0.826. The molecule has 18 heavy (non-hydrogen) atoms. The van der Waals surface area contributed by atoms with Crippen molar-refractivity contribution in [3.63, 3.8) is 0 Å². The third kappa shape index (κ3) is 4.00. The lowest BCUT2D eigenvalue weighted by Crippen LogP contribution is -2.39. The smallest absolute Gasteiger partial charge is 0.221 e. The van der Waals surface area contributed by atoms with Crippen LogP contribution in [0.2, 0.25) is 0 Å². The molecule has 0 radical (unpaired) electrons. The largest absolute Gasteiger partial charge is 0.388 e. The molecule has 1 amide bonds. The molecule has 0 saturated carbocycles. The molecule has 1 aromatic carbocycles. The van der Waals surface area contributed by atoms with E-state index in [1.54, 1.807) is 19.9 Å². The Labute approximate surface area is 106 Å². The first-order valence-electron chi connectivity index (χ1n) is 5.76. The van der Waals surface area contributed by atoms with Crippen LogP contribution in [0.1, 0.15) is 27.7 Å². The van der Waals surface area contributed by atoms with Crippen molar-refractivity contribution in [1.82, 2.24) is 0 Å². The summed E-state index contributed by atoms with van der Waals surface area (Å²) >= 11 is 0. The number of hydrogen-bond acceptors (Lipinski definition) is 3. The summed E-state index contributed by atoms with van der Waals surface area (Å²) < 4.78 is 13.4. The van der Waals surface area contributed by atoms with E-state index in [0.717, 1.165) is 0 Å². The van der Waals surface area contributed by atoms with Gasteiger partial charge in [-0.05, 0) is 39.0 Å². The average molecular weight is 254 g/mol. The number of benzene rings is 1. The summed E-state index contributed by atoms with van der Waals surface area (Å²) in [6.07, 6.45) is 0. The zero-order valence-corrected chi connectivity index (χ0v) is 11.0. The number of carbonyl (C=O) groups excluding carboxylic acids is 1. The molecule has 0 aromatic heterocycles. The summed E-state index contributed by atoms with van der Waals surface area (Å²) in [5.41, 5.74) is -0.145. The van der Waals surface area contributed by atoms with Crippen molar-refractivity contribution in [1.29, 1.82) is 0 Å². The second kappa shape index (κ2) is 5.35. The van der Waals surface area contributed by atoms with Gasteiger partial charge in [-0.2, -0.15) is 0 Å². The predicted molar refractivity (Wildman–Crippen MR) is 70.1 cm³/mol. The van der Waals surface area contributed by atoms with Crippen LogP contribution in [0.15, 0.2) is 18.2 Å². The molecule has 1 atom stereocenters. The van der Waals surface area contributed by atoms with Crippen molar-refractivity contribution < 1.29 is 14.3 Å². The van der Waals surface area contributed by atoms with E-state index in [4.69, 9.17) is 0 Å². The van der Waals surface area contributed by atoms with Crippen LogP contribution in [0.5, 0.6) is 0 Å². The van der Waals surface area contributed by atoms with Crippen LogP contribution in [-0.4, -0.2) is 22.7 Å². The Morgan fingerprint density at radius 2 is 2.06 bits per heavy atom. The summed E-state index contributed by atoms with van der Waals surface area (Å²) in [4.78, 5) is 10.9. The first-order valence-corrected chi connectivity index (χ1v) is 5.76. The fourth-order valence-electron chi connectivity index (χ4n) is 1.33. The standard InChI is InChI=1S/C13H19FN2O2/c1-8(13(3,4)18)15-10-5-6-11(14)12(7-10)16-9(2)17/h5-8,15,18H,1-4H3,(H,16,17). The number of nitrogens with one attached hydrogen (secondary N) is 2. The molecule has 0 fully saturated rings. The van der Waals surface area contributed by atoms with Gasteiger partial charge in [0.1, 0.15) is 5.82 Å². The highest BCUT2D eigenvalue weighted by Gasteiger charge is 2.22. The lowest BCUT2D eigenvalue weighted by Gasteiger charge is -2.27. The van der Waals surface area contributed by atoms with Gasteiger partial charge < -0.3 is 15.7 Å². The summed E-state index contributed by atoms with van der Waals surface area (Å²) in [6, 6.07) is 4.11. The zero-order valence-electron chi connectivity index (χ0n) is 11.0. The minimum atomic E-state index is -0.900. The van der Waals surface area contributed by atoms with Crippen molar-refractivity contribution in [3.05, 3.63) is 24.0 Å². The van der Waals surface area contributed by atoms with Gasteiger partial charge in [-0.1, -0.05) is 0 Å². The number of aliphatic hydroxyl groups is 1. The van der Waals surface area contributed by atoms with Gasteiger partial charge >= 0.3 is 0 Å². The molecule has 0 bridgehead atoms. The normalized spacial score (nSPS) is 13.0. The van der Waals surface area contributed by atoms with Crippen molar-refractivity contribution in [2.75, 3.05) is 10.6 Å². The number of hydrogen-bond donors (Lipinski definition) is 3. The molecular weight excluding hydrogens is 235 g/mol. The van der Waals surface area contributed by atoms with Crippen molar-refractivity contribution in [2.45, 2.75) is 39.3 Å². The molecular formula is C13H19FN2O2. The predicted octanol–water partition coefficient (Wildman–Crippen LogP) is 2.36. The average Bonchev–Trinajstić information content (AvgIpc) is 2.20. The van der Waals surface area contributed by atoms with Gasteiger partial charge in [0.25, 0.3) is 0 Å². The molecule has 0 aliphatic rings. The second-order valence-corrected chi connectivity index (χ2v) is 4.90. The molecule has 3 N–H and O–H groups in total. The Hall–Kier alpha value is -1.62. The molecule has 0 aliphatic carbocycles. The molecule has 4 nitrogen and oxygen atoms in total. The van der Waals surface area contributed by atoms with Crippen LogP contribution in [0.25, 0.3) is 0 Å². The summed E-state index contributed by atoms with van der Waals surface area (Å²) in [5, 5.41) is 15.3. The number of rotatable bonds is 4. The number of halogens is 1. The maximum absolute atomic E-state index is 13.4. The molecule has 0 saturated heterocycles. The van der Waals surface area contributed by atoms with E-state index < -0.39 is 11.4 Å². The fourth-order valence-corrected chi connectivity index (χ4v) is 1.33. The van der Waals surface area contributed by atoms with Crippen LogP contribution >= 0.6 is 0 Å². The molecule has 0 heterocycles. The number of amides is 1. The maximum atomic E-state index is 13.4. The highest BCUT2D eigenvalue weighted by molar-refractivity contribution is 5.89. The quantitative estimate of drug-likeness (QED) is 0.773. The minimum Gasteiger partial charge on any atom is -0.388 e. The molecule has 100 valence electrons. The van der Waals surface area contributed by atoms with Gasteiger partial charge in [0.05, 0.1) is 17.3 Å². The maximum Gasteiger partial charge on any atom is 0.221 e. The van der Waals surface area contributed by atoms with Crippen LogP contribution in [-0.2, 0) is 4.79 Å². The first kappa shape index (κ1) is 14.4. The summed E-state index contributed by atoms with van der Waals surface area (Å²) in [7, 11) is 0. The van der Waals surface area contributed by atoms with E-state index in [2.05, 4.69) is 10.6 Å². The third-order valence-corrected chi connectivity index (χ3v) is 2.72. The zero-order chi connectivity index (χ0) is 13.9. The topological polar surface area (TPSA) is 61.4 Å². The lowest BCUT2D eigenvalue weighted by atomic mass is 10.0. The number of carbonyl (C=O) groups is 1. The van der Waals surface area contributed by atoms with Crippen LogP contribution in [0.3, 0.4) is 0 Å². The van der Waals surface area contributed by atoms with E-state index in [1.165, 1.54) is 19.1 Å². The van der Waals surface area contributed by atoms with Crippen LogP contribution in [0, 0.1) is 5.82 Å². The van der Waals surface area contributed by atoms with E-state index in [-0.39, 0.29) is 17.6 Å². The SMILES string of the molecule is CC(=O)Nc1cc(NC(C)C(C)(C)O)ccc1F. The van der Waals surface area contributed by atoms with Crippen LogP contribution in [0.4, 0.5) is 15.8 Å². The highest BCUT2D eigenvalue weighted by Crippen LogP contribution is 2.22. The molecule has 1 aromatic rings. The van der Waals surface area contributed by atoms with Gasteiger partial charge in [0.15, 0.2) is 0 Å². The summed E-state index contributed by atoms with van der Waals surface area (Å²) in [6.45, 7) is 6.51. The van der Waals surface area contributed by atoms with E-state index >= 15 is 0 Å². The van der Waals surface area contributed by atoms with Gasteiger partial charge in [0, 0.05) is 12.6 Å². The van der Waals surface area contributed by atoms with Gasteiger partial charge in [-0.15, -0.1) is 0 Å². The second-order valence-electron chi connectivity index (χ2n) is 4.90. The first-order chi connectivity index (χ1) is 8.20. The highest BCUT2D eigenvalue weighted by atomic mass is 19.1. The fraction of sp³-hybridized carbons (Fsp3) is 0.462. The lowest BCUT2D eigenvalue weighted by molar-refractivity contribution is -0.114. The Balaban J connectivity index is 2.88. The Bertz CT molecular complexity index is 441. The molecule has 1 rings (SSSR count). The Kier molecular flexibility index (Phi) is 4.29.